The molecule has 1 aromatic carbocycles. The number of nitrogens with zero attached hydrogens (tertiary/aromatic N) is 2. The van der Waals surface area contributed by atoms with Crippen molar-refractivity contribution in [3.63, 3.8) is 0 Å². The molecule has 126 valence electrons. The summed E-state index contributed by atoms with van der Waals surface area (Å²) in [4.78, 5) is 35.3. The fourth-order valence-electron chi connectivity index (χ4n) is 2.10. The van der Waals surface area contributed by atoms with E-state index in [9.17, 15) is 14.4 Å². The molecule has 0 saturated carbocycles. The van der Waals surface area contributed by atoms with Gasteiger partial charge in [0.2, 0.25) is 0 Å². The molecule has 0 aliphatic heterocycles. The summed E-state index contributed by atoms with van der Waals surface area (Å²) in [6.07, 6.45) is 5.03. The number of rotatable bonds is 5. The highest BCUT2D eigenvalue weighted by Crippen LogP contribution is 2.28. The maximum absolute atomic E-state index is 12.1. The molecular weight excluding hydrogens is 312 g/mol. The van der Waals surface area contributed by atoms with E-state index in [-0.39, 0.29) is 12.3 Å². The number of methoxy groups -OCH3 is 1. The quantitative estimate of drug-likeness (QED) is 0.608. The molecule has 0 aliphatic rings. The minimum absolute atomic E-state index is 0.258. The van der Waals surface area contributed by atoms with Gasteiger partial charge in [-0.25, -0.2) is 9.59 Å². The summed E-state index contributed by atoms with van der Waals surface area (Å²) in [6.45, 7) is 1.58. The van der Waals surface area contributed by atoms with Crippen LogP contribution in [0.4, 0.5) is 0 Å². The molecule has 2 rings (SSSR count). The first-order valence-electron chi connectivity index (χ1n) is 7.24. The van der Waals surface area contributed by atoms with Crippen molar-refractivity contribution in [3.8, 4) is 11.5 Å². The topological polar surface area (TPSA) is 79.5 Å². The van der Waals surface area contributed by atoms with Crippen LogP contribution in [0.15, 0.2) is 46.1 Å². The molecule has 0 aliphatic carbocycles. The van der Waals surface area contributed by atoms with Gasteiger partial charge in [-0.15, -0.1) is 0 Å². The van der Waals surface area contributed by atoms with E-state index >= 15 is 0 Å². The SMILES string of the molecule is C/C=C/c1ccc(OC(=O)Cn2ccc(=O)n(C)c2=O)c(OC)c1. The standard InChI is InChI=1S/C17H18N2O5/c1-4-5-12-6-7-13(14(10-12)23-3)24-16(21)11-19-9-8-15(20)18(2)17(19)22/h4-10H,11H2,1-3H3/b5-4+. The van der Waals surface area contributed by atoms with Crippen LogP contribution >= 0.6 is 0 Å². The zero-order valence-electron chi connectivity index (χ0n) is 13.7. The van der Waals surface area contributed by atoms with E-state index in [0.29, 0.717) is 5.75 Å². The first-order valence-corrected chi connectivity index (χ1v) is 7.24. The van der Waals surface area contributed by atoms with Crippen molar-refractivity contribution in [2.24, 2.45) is 7.05 Å². The molecule has 0 atom stereocenters. The van der Waals surface area contributed by atoms with Gasteiger partial charge in [0.15, 0.2) is 11.5 Å². The van der Waals surface area contributed by atoms with Crippen LogP contribution in [-0.2, 0) is 18.4 Å². The Morgan fingerprint density at radius 1 is 1.21 bits per heavy atom. The van der Waals surface area contributed by atoms with Crippen LogP contribution < -0.4 is 20.7 Å². The van der Waals surface area contributed by atoms with Gasteiger partial charge in [-0.3, -0.25) is 13.9 Å². The maximum Gasteiger partial charge on any atom is 0.331 e. The van der Waals surface area contributed by atoms with E-state index < -0.39 is 17.2 Å². The Morgan fingerprint density at radius 2 is 1.96 bits per heavy atom. The normalized spacial score (nSPS) is 10.8. The third-order valence-electron chi connectivity index (χ3n) is 3.33. The largest absolute Gasteiger partial charge is 0.493 e. The number of carbonyl (C=O) groups is 1. The zero-order valence-corrected chi connectivity index (χ0v) is 13.7. The highest BCUT2D eigenvalue weighted by Gasteiger charge is 2.12. The lowest BCUT2D eigenvalue weighted by molar-refractivity contribution is -0.135. The molecule has 0 fully saturated rings. The van der Waals surface area contributed by atoms with E-state index in [4.69, 9.17) is 9.47 Å². The summed E-state index contributed by atoms with van der Waals surface area (Å²) in [5, 5.41) is 0. The summed E-state index contributed by atoms with van der Waals surface area (Å²) in [5.41, 5.74) is -0.121. The summed E-state index contributed by atoms with van der Waals surface area (Å²) >= 11 is 0. The monoisotopic (exact) mass is 330 g/mol. The van der Waals surface area contributed by atoms with Gasteiger partial charge < -0.3 is 9.47 Å². The van der Waals surface area contributed by atoms with Crippen LogP contribution in [0.25, 0.3) is 6.08 Å². The minimum atomic E-state index is -0.646. The lowest BCUT2D eigenvalue weighted by atomic mass is 10.2. The van der Waals surface area contributed by atoms with Gasteiger partial charge >= 0.3 is 11.7 Å². The Hall–Kier alpha value is -3.09. The fourth-order valence-corrected chi connectivity index (χ4v) is 2.10. The zero-order chi connectivity index (χ0) is 17.7. The lowest BCUT2D eigenvalue weighted by Crippen LogP contribution is -2.38. The summed E-state index contributed by atoms with van der Waals surface area (Å²) in [6, 6.07) is 6.35. The smallest absolute Gasteiger partial charge is 0.331 e. The first-order chi connectivity index (χ1) is 11.5. The van der Waals surface area contributed by atoms with Crippen LogP contribution in [-0.4, -0.2) is 22.2 Å². The van der Waals surface area contributed by atoms with Crippen LogP contribution in [0, 0.1) is 0 Å². The number of allylic oxidation sites excluding steroid dienone is 1. The predicted octanol–water partition coefficient (Wildman–Crippen LogP) is 1.19. The summed E-state index contributed by atoms with van der Waals surface area (Å²) in [5.74, 6) is 0.0215. The highest BCUT2D eigenvalue weighted by molar-refractivity contribution is 5.73. The molecule has 0 spiro atoms. The number of hydrogen-bond donors (Lipinski definition) is 0. The fraction of sp³-hybridized carbons (Fsp3) is 0.235. The van der Waals surface area contributed by atoms with Crippen LogP contribution in [0.2, 0.25) is 0 Å². The van der Waals surface area contributed by atoms with Gasteiger partial charge in [-0.1, -0.05) is 18.2 Å². The number of benzene rings is 1. The second kappa shape index (κ2) is 7.45. The van der Waals surface area contributed by atoms with Gasteiger partial charge in [0.1, 0.15) is 6.54 Å². The Labute approximate surface area is 138 Å². The average molecular weight is 330 g/mol. The van der Waals surface area contributed by atoms with Gasteiger partial charge in [-0.2, -0.15) is 0 Å². The van der Waals surface area contributed by atoms with Gasteiger partial charge in [0.25, 0.3) is 5.56 Å². The summed E-state index contributed by atoms with van der Waals surface area (Å²) < 4.78 is 12.5. The van der Waals surface area contributed by atoms with Gasteiger partial charge in [0, 0.05) is 19.3 Å². The maximum atomic E-state index is 12.1. The lowest BCUT2D eigenvalue weighted by Gasteiger charge is -2.11. The van der Waals surface area contributed by atoms with Crippen molar-refractivity contribution in [2.45, 2.75) is 13.5 Å². The molecule has 0 radical (unpaired) electrons. The molecule has 24 heavy (non-hydrogen) atoms. The molecule has 0 saturated heterocycles. The van der Waals surface area contributed by atoms with Crippen molar-refractivity contribution in [1.82, 2.24) is 9.13 Å². The summed E-state index contributed by atoms with van der Waals surface area (Å²) in [7, 11) is 2.82. The molecular formula is C17H18N2O5. The van der Waals surface area contributed by atoms with Crippen LogP contribution in [0.3, 0.4) is 0 Å². The number of ether oxygens (including phenoxy) is 2. The van der Waals surface area contributed by atoms with Crippen molar-refractivity contribution in [1.29, 1.82) is 0 Å². The molecule has 1 heterocycles. The number of carbonyl (C=O) groups excluding carboxylic acids is 1. The molecule has 0 N–H and O–H groups in total. The first kappa shape index (κ1) is 17.3. The molecule has 0 bridgehead atoms. The van der Waals surface area contributed by atoms with E-state index in [2.05, 4.69) is 0 Å². The van der Waals surface area contributed by atoms with Crippen molar-refractivity contribution < 1.29 is 14.3 Å². The second-order valence-corrected chi connectivity index (χ2v) is 5.01. The van der Waals surface area contributed by atoms with E-state index in [1.807, 2.05) is 19.1 Å². The van der Waals surface area contributed by atoms with Gasteiger partial charge in [-0.05, 0) is 24.6 Å². The van der Waals surface area contributed by atoms with Crippen molar-refractivity contribution in [3.05, 3.63) is 62.9 Å². The second-order valence-electron chi connectivity index (χ2n) is 5.01. The van der Waals surface area contributed by atoms with E-state index in [1.165, 1.54) is 26.4 Å². The van der Waals surface area contributed by atoms with Crippen molar-refractivity contribution >= 4 is 12.0 Å². The number of esters is 1. The van der Waals surface area contributed by atoms with Crippen LogP contribution in [0.5, 0.6) is 11.5 Å². The molecule has 7 nitrogen and oxygen atoms in total. The molecule has 1 aromatic heterocycles. The molecule has 7 heteroatoms. The molecule has 0 unspecified atom stereocenters. The Morgan fingerprint density at radius 3 is 2.62 bits per heavy atom. The third-order valence-corrected chi connectivity index (χ3v) is 3.33. The van der Waals surface area contributed by atoms with Crippen molar-refractivity contribution in [2.75, 3.05) is 7.11 Å². The average Bonchev–Trinajstić information content (AvgIpc) is 2.57. The van der Waals surface area contributed by atoms with Crippen LogP contribution in [0.1, 0.15) is 12.5 Å². The Bertz CT molecular complexity index is 893. The van der Waals surface area contributed by atoms with E-state index in [1.54, 1.807) is 18.2 Å². The van der Waals surface area contributed by atoms with Gasteiger partial charge in [0.05, 0.1) is 7.11 Å². The minimum Gasteiger partial charge on any atom is -0.493 e. The molecule has 2 aromatic rings. The third kappa shape index (κ3) is 3.81. The number of aromatic nitrogens is 2. The molecule has 0 amide bonds. The Kier molecular flexibility index (Phi) is 5.36. The van der Waals surface area contributed by atoms with E-state index in [0.717, 1.165) is 14.7 Å². The number of hydrogen-bond acceptors (Lipinski definition) is 5. The highest BCUT2D eigenvalue weighted by atomic mass is 16.6. The Balaban J connectivity index is 2.20. The predicted molar refractivity (Wildman–Crippen MR) is 89.3 cm³/mol.